The highest BCUT2D eigenvalue weighted by molar-refractivity contribution is 7.99. The van der Waals surface area contributed by atoms with Crippen molar-refractivity contribution < 1.29 is 19.4 Å². The average molecular weight is 327 g/mol. The Labute approximate surface area is 137 Å². The lowest BCUT2D eigenvalue weighted by molar-refractivity contribution is -0.136. The van der Waals surface area contributed by atoms with E-state index in [2.05, 4.69) is 4.74 Å². The lowest BCUT2D eigenvalue weighted by Gasteiger charge is -2.08. The first-order chi connectivity index (χ1) is 11.0. The summed E-state index contributed by atoms with van der Waals surface area (Å²) in [6, 6.07) is 13.8. The normalized spacial score (nSPS) is 9.91. The molecule has 0 aliphatic rings. The number of carboxylic acid groups (broad SMARTS) is 1. The van der Waals surface area contributed by atoms with Crippen LogP contribution in [0.5, 0.6) is 0 Å². The molecule has 0 spiro atoms. The molecule has 5 nitrogen and oxygen atoms in total. The number of rotatable bonds is 5. The number of nitriles is 1. The van der Waals surface area contributed by atoms with Crippen LogP contribution in [0.1, 0.15) is 21.5 Å². The van der Waals surface area contributed by atoms with Crippen LogP contribution in [0.3, 0.4) is 0 Å². The maximum absolute atomic E-state index is 11.4. The van der Waals surface area contributed by atoms with Gasteiger partial charge in [-0.25, -0.2) is 4.79 Å². The standard InChI is InChI=1S/C17H13NO4S/c1-22-17(21)12-3-5-14(6-4-12)23-15-7-2-11(10-18)8-13(15)9-16(19)20/h2-8H,9H2,1H3,(H,19,20). The second-order valence-corrected chi connectivity index (χ2v) is 5.74. The van der Waals surface area contributed by atoms with Crippen LogP contribution in [0.15, 0.2) is 52.3 Å². The zero-order valence-corrected chi connectivity index (χ0v) is 13.1. The van der Waals surface area contributed by atoms with Crippen molar-refractivity contribution in [3.8, 4) is 6.07 Å². The minimum absolute atomic E-state index is 0.155. The van der Waals surface area contributed by atoms with Crippen LogP contribution in [-0.4, -0.2) is 24.2 Å². The number of nitrogens with zero attached hydrogens (tertiary/aromatic N) is 1. The number of carbonyl (C=O) groups is 2. The fourth-order valence-electron chi connectivity index (χ4n) is 1.95. The SMILES string of the molecule is COC(=O)c1ccc(Sc2ccc(C#N)cc2CC(=O)O)cc1. The van der Waals surface area contributed by atoms with E-state index in [1.54, 1.807) is 42.5 Å². The van der Waals surface area contributed by atoms with Crippen LogP contribution in [-0.2, 0) is 16.0 Å². The maximum atomic E-state index is 11.4. The Balaban J connectivity index is 2.27. The molecular formula is C17H13NO4S. The molecule has 0 radical (unpaired) electrons. The quantitative estimate of drug-likeness (QED) is 0.849. The van der Waals surface area contributed by atoms with Crippen LogP contribution < -0.4 is 0 Å². The molecule has 0 aliphatic heterocycles. The summed E-state index contributed by atoms with van der Waals surface area (Å²) in [6.45, 7) is 0. The van der Waals surface area contributed by atoms with Gasteiger partial charge in [-0.3, -0.25) is 4.79 Å². The Bertz CT molecular complexity index is 778. The minimum Gasteiger partial charge on any atom is -0.481 e. The van der Waals surface area contributed by atoms with E-state index in [0.717, 1.165) is 9.79 Å². The predicted octanol–water partition coefficient (Wildman–Crippen LogP) is 3.12. The van der Waals surface area contributed by atoms with Crippen LogP contribution in [0, 0.1) is 11.3 Å². The van der Waals surface area contributed by atoms with E-state index in [0.29, 0.717) is 16.7 Å². The Morgan fingerprint density at radius 2 is 1.91 bits per heavy atom. The van der Waals surface area contributed by atoms with E-state index in [1.807, 2.05) is 6.07 Å². The second-order valence-electron chi connectivity index (χ2n) is 4.62. The van der Waals surface area contributed by atoms with E-state index in [1.165, 1.54) is 18.9 Å². The molecule has 2 aromatic rings. The van der Waals surface area contributed by atoms with Crippen LogP contribution >= 0.6 is 11.8 Å². The van der Waals surface area contributed by atoms with Gasteiger partial charge < -0.3 is 9.84 Å². The predicted molar refractivity (Wildman–Crippen MR) is 84.4 cm³/mol. The highest BCUT2D eigenvalue weighted by atomic mass is 32.2. The molecule has 23 heavy (non-hydrogen) atoms. The van der Waals surface area contributed by atoms with Gasteiger partial charge in [0.1, 0.15) is 0 Å². The highest BCUT2D eigenvalue weighted by Gasteiger charge is 2.11. The second kappa shape index (κ2) is 7.47. The molecule has 6 heteroatoms. The molecule has 2 aromatic carbocycles. The molecule has 0 atom stereocenters. The summed E-state index contributed by atoms with van der Waals surface area (Å²) in [7, 11) is 1.32. The number of hydrogen-bond acceptors (Lipinski definition) is 5. The van der Waals surface area contributed by atoms with Crippen molar-refractivity contribution in [2.45, 2.75) is 16.2 Å². The monoisotopic (exact) mass is 327 g/mol. The number of benzene rings is 2. The minimum atomic E-state index is -0.956. The van der Waals surface area contributed by atoms with Crippen LogP contribution in [0.4, 0.5) is 0 Å². The topological polar surface area (TPSA) is 87.4 Å². The van der Waals surface area contributed by atoms with E-state index < -0.39 is 11.9 Å². The van der Waals surface area contributed by atoms with E-state index in [9.17, 15) is 9.59 Å². The first kappa shape index (κ1) is 16.6. The Kier molecular flexibility index (Phi) is 5.39. The molecule has 0 fully saturated rings. The van der Waals surface area contributed by atoms with Crippen molar-refractivity contribution in [1.29, 1.82) is 5.26 Å². The highest BCUT2D eigenvalue weighted by Crippen LogP contribution is 2.31. The Hall–Kier alpha value is -2.78. The third-order valence-corrected chi connectivity index (χ3v) is 4.16. The van der Waals surface area contributed by atoms with Gasteiger partial charge in [-0.05, 0) is 48.0 Å². The molecule has 0 saturated carbocycles. The fraction of sp³-hybridized carbons (Fsp3) is 0.118. The number of carbonyl (C=O) groups excluding carboxylic acids is 1. The lowest BCUT2D eigenvalue weighted by atomic mass is 10.1. The van der Waals surface area contributed by atoms with Gasteiger partial charge in [0.25, 0.3) is 0 Å². The fourth-order valence-corrected chi connectivity index (χ4v) is 2.88. The maximum Gasteiger partial charge on any atom is 0.337 e. The first-order valence-corrected chi connectivity index (χ1v) is 7.46. The molecule has 0 unspecified atom stereocenters. The van der Waals surface area contributed by atoms with E-state index in [4.69, 9.17) is 10.4 Å². The molecule has 116 valence electrons. The van der Waals surface area contributed by atoms with Crippen molar-refractivity contribution in [1.82, 2.24) is 0 Å². The van der Waals surface area contributed by atoms with Crippen molar-refractivity contribution in [2.24, 2.45) is 0 Å². The lowest BCUT2D eigenvalue weighted by Crippen LogP contribution is -2.02. The third kappa shape index (κ3) is 4.34. The summed E-state index contributed by atoms with van der Waals surface area (Å²) in [6.07, 6.45) is -0.155. The number of carboxylic acids is 1. The van der Waals surface area contributed by atoms with Crippen molar-refractivity contribution in [2.75, 3.05) is 7.11 Å². The number of hydrogen-bond donors (Lipinski definition) is 1. The van der Waals surface area contributed by atoms with Crippen molar-refractivity contribution >= 4 is 23.7 Å². The van der Waals surface area contributed by atoms with Crippen LogP contribution in [0.2, 0.25) is 0 Å². The third-order valence-electron chi connectivity index (χ3n) is 3.03. The summed E-state index contributed by atoms with van der Waals surface area (Å²) in [5.41, 5.74) is 1.45. The van der Waals surface area contributed by atoms with Gasteiger partial charge in [-0.2, -0.15) is 5.26 Å². The van der Waals surface area contributed by atoms with Gasteiger partial charge in [0, 0.05) is 9.79 Å². The largest absolute Gasteiger partial charge is 0.481 e. The van der Waals surface area contributed by atoms with Gasteiger partial charge in [-0.1, -0.05) is 11.8 Å². The van der Waals surface area contributed by atoms with E-state index in [-0.39, 0.29) is 6.42 Å². The zero-order chi connectivity index (χ0) is 16.8. The summed E-state index contributed by atoms with van der Waals surface area (Å²) in [5, 5.41) is 17.9. The Morgan fingerprint density at radius 1 is 1.22 bits per heavy atom. The summed E-state index contributed by atoms with van der Waals surface area (Å²) < 4.78 is 4.64. The summed E-state index contributed by atoms with van der Waals surface area (Å²) in [5.74, 6) is -1.37. The summed E-state index contributed by atoms with van der Waals surface area (Å²) >= 11 is 1.38. The average Bonchev–Trinajstić information content (AvgIpc) is 2.56. The van der Waals surface area contributed by atoms with Crippen molar-refractivity contribution in [3.05, 3.63) is 59.2 Å². The van der Waals surface area contributed by atoms with Gasteiger partial charge in [-0.15, -0.1) is 0 Å². The molecule has 0 saturated heterocycles. The van der Waals surface area contributed by atoms with Crippen molar-refractivity contribution in [3.63, 3.8) is 0 Å². The van der Waals surface area contributed by atoms with Gasteiger partial charge in [0.05, 0.1) is 30.7 Å². The number of ether oxygens (including phenoxy) is 1. The number of aliphatic carboxylic acids is 1. The molecule has 1 N–H and O–H groups in total. The molecule has 2 rings (SSSR count). The summed E-state index contributed by atoms with van der Waals surface area (Å²) in [4.78, 5) is 24.0. The number of methoxy groups -OCH3 is 1. The van der Waals surface area contributed by atoms with Gasteiger partial charge in [0.2, 0.25) is 0 Å². The molecular weight excluding hydrogens is 314 g/mol. The number of esters is 1. The van der Waals surface area contributed by atoms with Gasteiger partial charge in [0.15, 0.2) is 0 Å². The Morgan fingerprint density at radius 3 is 2.48 bits per heavy atom. The zero-order valence-electron chi connectivity index (χ0n) is 12.3. The van der Waals surface area contributed by atoms with Gasteiger partial charge >= 0.3 is 11.9 Å². The molecule has 0 aliphatic carbocycles. The van der Waals surface area contributed by atoms with Crippen LogP contribution in [0.25, 0.3) is 0 Å². The smallest absolute Gasteiger partial charge is 0.337 e. The molecule has 0 amide bonds. The molecule has 0 bridgehead atoms. The molecule has 0 heterocycles. The first-order valence-electron chi connectivity index (χ1n) is 6.64. The van der Waals surface area contributed by atoms with E-state index >= 15 is 0 Å². The molecule has 0 aromatic heterocycles.